The lowest BCUT2D eigenvalue weighted by Gasteiger charge is -2.06. The largest absolute Gasteiger partial charge is 0.478 e. The van der Waals surface area contributed by atoms with Gasteiger partial charge >= 0.3 is 5.97 Å². The average molecular weight is 383 g/mol. The molecule has 144 valence electrons. The summed E-state index contributed by atoms with van der Waals surface area (Å²) in [5.74, 6) is -0.959. The molecular formula is C24H21N3O2. The van der Waals surface area contributed by atoms with Crippen molar-refractivity contribution in [2.75, 3.05) is 0 Å². The van der Waals surface area contributed by atoms with Gasteiger partial charge in [0.2, 0.25) is 0 Å². The van der Waals surface area contributed by atoms with Gasteiger partial charge in [0.15, 0.2) is 0 Å². The molecule has 0 aliphatic carbocycles. The molecule has 0 saturated carbocycles. The van der Waals surface area contributed by atoms with Crippen LogP contribution in [0.25, 0.3) is 22.7 Å². The molecular weight excluding hydrogens is 362 g/mol. The quantitative estimate of drug-likeness (QED) is 0.411. The van der Waals surface area contributed by atoms with Crippen LogP contribution in [0.2, 0.25) is 0 Å². The summed E-state index contributed by atoms with van der Waals surface area (Å²) in [5, 5.41) is 14.0. The highest BCUT2D eigenvalue weighted by atomic mass is 16.4. The number of rotatable bonds is 7. The summed E-state index contributed by atoms with van der Waals surface area (Å²) in [7, 11) is 0. The van der Waals surface area contributed by atoms with Gasteiger partial charge in [-0.05, 0) is 28.8 Å². The van der Waals surface area contributed by atoms with E-state index in [2.05, 4.69) is 27.4 Å². The SMILES string of the molecule is O=C(O)C(=Cc1c[nH]c2ncc(CNCc3ccccc3)cc12)c1ccccc1. The van der Waals surface area contributed by atoms with Crippen molar-refractivity contribution >= 4 is 28.7 Å². The summed E-state index contributed by atoms with van der Waals surface area (Å²) in [6.45, 7) is 1.45. The van der Waals surface area contributed by atoms with Crippen molar-refractivity contribution in [2.24, 2.45) is 0 Å². The lowest BCUT2D eigenvalue weighted by atomic mass is 10.0. The summed E-state index contributed by atoms with van der Waals surface area (Å²) in [5.41, 5.74) is 4.72. The van der Waals surface area contributed by atoms with Crippen molar-refractivity contribution in [1.29, 1.82) is 0 Å². The first-order valence-electron chi connectivity index (χ1n) is 9.42. The summed E-state index contributed by atoms with van der Waals surface area (Å²) in [6.07, 6.45) is 5.32. The lowest BCUT2D eigenvalue weighted by Crippen LogP contribution is -2.12. The highest BCUT2D eigenvalue weighted by Crippen LogP contribution is 2.24. The Balaban J connectivity index is 1.59. The number of H-pyrrole nitrogens is 1. The topological polar surface area (TPSA) is 78.0 Å². The van der Waals surface area contributed by atoms with Gasteiger partial charge in [0.1, 0.15) is 5.65 Å². The number of carbonyl (C=O) groups is 1. The van der Waals surface area contributed by atoms with Crippen LogP contribution in [-0.4, -0.2) is 21.0 Å². The molecule has 0 bridgehead atoms. The van der Waals surface area contributed by atoms with E-state index in [4.69, 9.17) is 0 Å². The third-order valence-corrected chi connectivity index (χ3v) is 4.74. The Morgan fingerprint density at radius 3 is 2.41 bits per heavy atom. The molecule has 0 atom stereocenters. The number of fused-ring (bicyclic) bond motifs is 1. The van der Waals surface area contributed by atoms with E-state index >= 15 is 0 Å². The second-order valence-corrected chi connectivity index (χ2v) is 6.80. The Morgan fingerprint density at radius 2 is 1.69 bits per heavy atom. The van der Waals surface area contributed by atoms with Crippen LogP contribution in [0, 0.1) is 0 Å². The molecule has 5 heteroatoms. The molecule has 2 heterocycles. The van der Waals surface area contributed by atoms with Gasteiger partial charge in [-0.3, -0.25) is 0 Å². The average Bonchev–Trinajstić information content (AvgIpc) is 3.15. The number of aromatic nitrogens is 2. The Bertz CT molecular complexity index is 1150. The summed E-state index contributed by atoms with van der Waals surface area (Å²) in [6, 6.07) is 21.4. The van der Waals surface area contributed by atoms with Crippen molar-refractivity contribution in [2.45, 2.75) is 13.1 Å². The van der Waals surface area contributed by atoms with Crippen molar-refractivity contribution in [3.63, 3.8) is 0 Å². The maximum Gasteiger partial charge on any atom is 0.336 e. The fourth-order valence-electron chi connectivity index (χ4n) is 3.27. The molecule has 0 saturated heterocycles. The van der Waals surface area contributed by atoms with Crippen LogP contribution in [0.5, 0.6) is 0 Å². The zero-order valence-electron chi connectivity index (χ0n) is 15.8. The van der Waals surface area contributed by atoms with Gasteiger partial charge in [-0.15, -0.1) is 0 Å². The molecule has 29 heavy (non-hydrogen) atoms. The van der Waals surface area contributed by atoms with Crippen LogP contribution in [0.3, 0.4) is 0 Å². The molecule has 0 fully saturated rings. The van der Waals surface area contributed by atoms with E-state index in [1.807, 2.05) is 48.7 Å². The molecule has 0 aliphatic rings. The predicted octanol–water partition coefficient (Wildman–Crippen LogP) is 4.48. The van der Waals surface area contributed by atoms with Crippen molar-refractivity contribution < 1.29 is 9.90 Å². The second-order valence-electron chi connectivity index (χ2n) is 6.80. The molecule has 2 aromatic carbocycles. The summed E-state index contributed by atoms with van der Waals surface area (Å²) in [4.78, 5) is 19.4. The van der Waals surface area contributed by atoms with Gasteiger partial charge in [0.25, 0.3) is 0 Å². The van der Waals surface area contributed by atoms with Crippen molar-refractivity contribution in [3.05, 3.63) is 101 Å². The van der Waals surface area contributed by atoms with Crippen LogP contribution in [0.4, 0.5) is 0 Å². The Kier molecular flexibility index (Phi) is 5.49. The van der Waals surface area contributed by atoms with E-state index in [1.165, 1.54) is 5.56 Å². The van der Waals surface area contributed by atoms with E-state index in [0.717, 1.165) is 28.7 Å². The zero-order chi connectivity index (χ0) is 20.1. The highest BCUT2D eigenvalue weighted by Gasteiger charge is 2.12. The molecule has 4 rings (SSSR count). The van der Waals surface area contributed by atoms with E-state index in [9.17, 15) is 9.90 Å². The number of carboxylic acid groups (broad SMARTS) is 1. The predicted molar refractivity (Wildman–Crippen MR) is 115 cm³/mol. The maximum absolute atomic E-state index is 11.8. The number of aromatic amines is 1. The first kappa shape index (κ1) is 18.7. The zero-order valence-corrected chi connectivity index (χ0v) is 15.8. The van der Waals surface area contributed by atoms with E-state index < -0.39 is 5.97 Å². The first-order valence-corrected chi connectivity index (χ1v) is 9.42. The molecule has 0 aliphatic heterocycles. The Labute approximate surface area is 168 Å². The summed E-state index contributed by atoms with van der Waals surface area (Å²) < 4.78 is 0. The molecule has 0 unspecified atom stereocenters. The van der Waals surface area contributed by atoms with E-state index in [1.54, 1.807) is 24.4 Å². The van der Waals surface area contributed by atoms with Gasteiger partial charge in [0, 0.05) is 36.4 Å². The van der Waals surface area contributed by atoms with Gasteiger partial charge in [-0.2, -0.15) is 0 Å². The van der Waals surface area contributed by atoms with Crippen LogP contribution in [-0.2, 0) is 17.9 Å². The summed E-state index contributed by atoms with van der Waals surface area (Å²) >= 11 is 0. The van der Waals surface area contributed by atoms with Crippen LogP contribution < -0.4 is 5.32 Å². The normalized spacial score (nSPS) is 11.7. The molecule has 3 N–H and O–H groups in total. The number of pyridine rings is 1. The van der Waals surface area contributed by atoms with Crippen molar-refractivity contribution in [3.8, 4) is 0 Å². The minimum atomic E-state index is -0.959. The monoisotopic (exact) mass is 383 g/mol. The minimum absolute atomic E-state index is 0.249. The molecule has 0 spiro atoms. The Morgan fingerprint density at radius 1 is 1.00 bits per heavy atom. The van der Waals surface area contributed by atoms with Crippen LogP contribution in [0.1, 0.15) is 22.3 Å². The lowest BCUT2D eigenvalue weighted by molar-refractivity contribution is -0.130. The van der Waals surface area contributed by atoms with Crippen LogP contribution >= 0.6 is 0 Å². The van der Waals surface area contributed by atoms with Crippen molar-refractivity contribution in [1.82, 2.24) is 15.3 Å². The minimum Gasteiger partial charge on any atom is -0.478 e. The van der Waals surface area contributed by atoms with Crippen LogP contribution in [0.15, 0.2) is 79.1 Å². The maximum atomic E-state index is 11.8. The number of hydrogen-bond donors (Lipinski definition) is 3. The van der Waals surface area contributed by atoms with Gasteiger partial charge in [0.05, 0.1) is 5.57 Å². The molecule has 0 amide bonds. The number of nitrogens with one attached hydrogen (secondary N) is 2. The number of aliphatic carboxylic acids is 1. The third-order valence-electron chi connectivity index (χ3n) is 4.74. The standard InChI is InChI=1S/C24H21N3O2/c28-24(29)22(19-9-5-2-6-10-19)12-20-16-27-23-21(20)11-18(15-26-23)14-25-13-17-7-3-1-4-8-17/h1-12,15-16,25H,13-14H2,(H,26,27)(H,28,29). The molecule has 0 radical (unpaired) electrons. The fraction of sp³-hybridized carbons (Fsp3) is 0.0833. The number of nitrogens with zero attached hydrogens (tertiary/aromatic N) is 1. The van der Waals surface area contributed by atoms with Gasteiger partial charge in [-0.1, -0.05) is 60.7 Å². The fourth-order valence-corrected chi connectivity index (χ4v) is 3.27. The molecule has 2 aromatic heterocycles. The second kappa shape index (κ2) is 8.54. The Hall–Kier alpha value is -3.70. The first-order chi connectivity index (χ1) is 14.2. The molecule has 4 aromatic rings. The molecule has 5 nitrogen and oxygen atoms in total. The number of benzene rings is 2. The number of carboxylic acids is 1. The number of hydrogen-bond acceptors (Lipinski definition) is 3. The van der Waals surface area contributed by atoms with E-state index in [-0.39, 0.29) is 5.57 Å². The highest BCUT2D eigenvalue weighted by molar-refractivity contribution is 6.21. The van der Waals surface area contributed by atoms with Gasteiger partial charge < -0.3 is 15.4 Å². The smallest absolute Gasteiger partial charge is 0.336 e. The van der Waals surface area contributed by atoms with E-state index in [0.29, 0.717) is 12.1 Å². The van der Waals surface area contributed by atoms with Gasteiger partial charge in [-0.25, -0.2) is 9.78 Å². The third kappa shape index (κ3) is 4.42.